The molecule has 4 bridgehead atoms. The number of nitrogens with zero attached hydrogens (tertiary/aromatic N) is 7. The maximum absolute atomic E-state index is 13.5. The van der Waals surface area contributed by atoms with Crippen molar-refractivity contribution in [2.45, 2.75) is 57.5 Å². The van der Waals surface area contributed by atoms with Gasteiger partial charge in [0.05, 0.1) is 17.5 Å². The molecule has 2 unspecified atom stereocenters. The van der Waals surface area contributed by atoms with Gasteiger partial charge in [-0.3, -0.25) is 4.79 Å². The maximum atomic E-state index is 13.5. The maximum Gasteiger partial charge on any atom is 0.228 e. The van der Waals surface area contributed by atoms with Crippen LogP contribution >= 0.6 is 0 Å². The Balaban J connectivity index is 1.44. The average Bonchev–Trinajstić information content (AvgIpc) is 3.26. The van der Waals surface area contributed by atoms with Gasteiger partial charge in [0.1, 0.15) is 11.4 Å². The van der Waals surface area contributed by atoms with Gasteiger partial charge < -0.3 is 4.90 Å². The Labute approximate surface area is 151 Å². The lowest BCUT2D eigenvalue weighted by atomic mass is 9.46. The first-order chi connectivity index (χ1) is 12.5. The van der Waals surface area contributed by atoms with Crippen molar-refractivity contribution in [1.82, 2.24) is 35.4 Å². The van der Waals surface area contributed by atoms with Crippen LogP contribution in [0, 0.1) is 24.2 Å². The number of rotatable bonds is 4. The second-order valence-electron chi connectivity index (χ2n) is 8.65. The number of carbonyl (C=O) groups excluding carboxylic acids is 1. The molecule has 2 aromatic rings. The van der Waals surface area contributed by atoms with Crippen molar-refractivity contribution in [1.29, 1.82) is 0 Å². The van der Waals surface area contributed by atoms with Crippen molar-refractivity contribution in [3.8, 4) is 0 Å². The molecule has 4 saturated carbocycles. The van der Waals surface area contributed by atoms with Crippen molar-refractivity contribution in [2.75, 3.05) is 7.05 Å². The zero-order chi connectivity index (χ0) is 17.9. The Bertz CT molecular complexity index is 816. The third-order valence-electron chi connectivity index (χ3n) is 6.74. The molecule has 9 nitrogen and oxygen atoms in total. The number of tetrazole rings is 1. The van der Waals surface area contributed by atoms with Gasteiger partial charge in [-0.25, -0.2) is 4.63 Å². The molecule has 2 heterocycles. The molecule has 0 radical (unpaired) electrons. The second-order valence-corrected chi connectivity index (χ2v) is 8.65. The van der Waals surface area contributed by atoms with E-state index in [4.69, 9.17) is 4.63 Å². The standard InChI is InChI=1S/C17H23N7O2/c1-11-14(21-26-20-11)8-23(2)15(25)16-4-12-3-13(5-16)7-17(6-12,9-16)24-19-10-18-22-24/h10,12-13H,3-9H2,1-2H3. The van der Waals surface area contributed by atoms with Crippen molar-refractivity contribution < 1.29 is 9.42 Å². The molecular weight excluding hydrogens is 334 g/mol. The molecule has 0 spiro atoms. The van der Waals surface area contributed by atoms with Gasteiger partial charge in [0.15, 0.2) is 6.33 Å². The van der Waals surface area contributed by atoms with Crippen LogP contribution in [0.15, 0.2) is 11.0 Å². The molecule has 0 saturated heterocycles. The molecule has 0 aromatic carbocycles. The summed E-state index contributed by atoms with van der Waals surface area (Å²) in [5.41, 5.74) is 0.983. The SMILES string of the molecule is Cc1nonc1CN(C)C(=O)C12CC3CC(C1)CC(n1ncnn1)(C3)C2. The van der Waals surface area contributed by atoms with Gasteiger partial charge in [-0.15, -0.1) is 10.2 Å². The minimum Gasteiger partial charge on any atom is -0.339 e. The minimum atomic E-state index is -0.322. The lowest BCUT2D eigenvalue weighted by Crippen LogP contribution is -2.61. The van der Waals surface area contributed by atoms with Crippen LogP contribution in [0.4, 0.5) is 0 Å². The summed E-state index contributed by atoms with van der Waals surface area (Å²) in [5, 5.41) is 20.2. The Morgan fingerprint density at radius 3 is 2.69 bits per heavy atom. The second kappa shape index (κ2) is 5.34. The molecular formula is C17H23N7O2. The average molecular weight is 357 g/mol. The Morgan fingerprint density at radius 2 is 2.08 bits per heavy atom. The van der Waals surface area contributed by atoms with E-state index in [0.717, 1.165) is 43.5 Å². The summed E-state index contributed by atoms with van der Waals surface area (Å²) < 4.78 is 4.78. The molecule has 4 aliphatic carbocycles. The fraction of sp³-hybridized carbons (Fsp3) is 0.765. The molecule has 0 aliphatic heterocycles. The molecule has 26 heavy (non-hydrogen) atoms. The fourth-order valence-electron chi connectivity index (χ4n) is 6.18. The van der Waals surface area contributed by atoms with Crippen LogP contribution in [0.2, 0.25) is 0 Å². The van der Waals surface area contributed by atoms with Gasteiger partial charge in [0, 0.05) is 7.05 Å². The third kappa shape index (κ3) is 2.22. The predicted molar refractivity (Wildman–Crippen MR) is 88.4 cm³/mol. The van der Waals surface area contributed by atoms with E-state index < -0.39 is 0 Å². The molecule has 4 fully saturated rings. The highest BCUT2D eigenvalue weighted by atomic mass is 16.6. The summed E-state index contributed by atoms with van der Waals surface area (Å²) in [5.74, 6) is 1.34. The molecule has 0 N–H and O–H groups in total. The van der Waals surface area contributed by atoms with Gasteiger partial charge in [-0.1, -0.05) is 10.3 Å². The van der Waals surface area contributed by atoms with Gasteiger partial charge in [-0.05, 0) is 62.5 Å². The molecule has 1 amide bonds. The molecule has 2 aromatic heterocycles. The molecule has 9 heteroatoms. The largest absolute Gasteiger partial charge is 0.339 e. The van der Waals surface area contributed by atoms with E-state index in [1.807, 2.05) is 14.0 Å². The zero-order valence-corrected chi connectivity index (χ0v) is 15.1. The van der Waals surface area contributed by atoms with Gasteiger partial charge >= 0.3 is 0 Å². The van der Waals surface area contributed by atoms with E-state index in [1.165, 1.54) is 12.7 Å². The number of carbonyl (C=O) groups is 1. The molecule has 4 aliphatic rings. The van der Waals surface area contributed by atoms with Gasteiger partial charge in [0.25, 0.3) is 0 Å². The van der Waals surface area contributed by atoms with E-state index in [1.54, 1.807) is 9.70 Å². The molecule has 2 atom stereocenters. The summed E-state index contributed by atoms with van der Waals surface area (Å²) in [6, 6.07) is 0. The summed E-state index contributed by atoms with van der Waals surface area (Å²) in [7, 11) is 1.86. The predicted octanol–water partition coefficient (Wildman–Crippen LogP) is 1.32. The van der Waals surface area contributed by atoms with Crippen LogP contribution in [0.25, 0.3) is 0 Å². The van der Waals surface area contributed by atoms with Crippen molar-refractivity contribution in [3.05, 3.63) is 17.7 Å². The number of amides is 1. The first-order valence-corrected chi connectivity index (χ1v) is 9.27. The fourth-order valence-corrected chi connectivity index (χ4v) is 6.18. The highest BCUT2D eigenvalue weighted by Crippen LogP contribution is 2.64. The van der Waals surface area contributed by atoms with Crippen molar-refractivity contribution in [3.63, 3.8) is 0 Å². The number of aromatic nitrogens is 6. The number of hydrogen-bond acceptors (Lipinski definition) is 7. The number of hydrogen-bond donors (Lipinski definition) is 0. The first-order valence-electron chi connectivity index (χ1n) is 9.27. The topological polar surface area (TPSA) is 103 Å². The van der Waals surface area contributed by atoms with Crippen molar-refractivity contribution >= 4 is 5.91 Å². The third-order valence-corrected chi connectivity index (χ3v) is 6.74. The lowest BCUT2D eigenvalue weighted by molar-refractivity contribution is -0.167. The van der Waals surface area contributed by atoms with Gasteiger partial charge in [0.2, 0.25) is 5.91 Å². The molecule has 138 valence electrons. The van der Waals surface area contributed by atoms with Crippen LogP contribution in [0.1, 0.15) is 49.9 Å². The normalized spacial score (nSPS) is 35.0. The quantitative estimate of drug-likeness (QED) is 0.813. The van der Waals surface area contributed by atoms with Crippen LogP contribution in [0.3, 0.4) is 0 Å². The smallest absolute Gasteiger partial charge is 0.228 e. The van der Waals surface area contributed by atoms with Crippen LogP contribution in [0.5, 0.6) is 0 Å². The van der Waals surface area contributed by atoms with E-state index in [-0.39, 0.29) is 16.9 Å². The first kappa shape index (κ1) is 15.9. The Kier molecular flexibility index (Phi) is 3.27. The Hall–Kier alpha value is -2.32. The summed E-state index contributed by atoms with van der Waals surface area (Å²) >= 11 is 0. The van der Waals surface area contributed by atoms with Gasteiger partial charge in [-0.2, -0.15) is 4.80 Å². The van der Waals surface area contributed by atoms with E-state index >= 15 is 0 Å². The van der Waals surface area contributed by atoms with E-state index in [9.17, 15) is 4.79 Å². The highest BCUT2D eigenvalue weighted by Gasteiger charge is 2.62. The minimum absolute atomic E-state index is 0.150. The summed E-state index contributed by atoms with van der Waals surface area (Å²) in [4.78, 5) is 17.1. The lowest BCUT2D eigenvalue weighted by Gasteiger charge is -2.60. The number of aryl methyl sites for hydroxylation is 1. The Morgan fingerprint density at radius 1 is 1.31 bits per heavy atom. The molecule has 6 rings (SSSR count). The van der Waals surface area contributed by atoms with Crippen molar-refractivity contribution in [2.24, 2.45) is 17.3 Å². The van der Waals surface area contributed by atoms with Crippen LogP contribution < -0.4 is 0 Å². The summed E-state index contributed by atoms with van der Waals surface area (Å²) in [6.07, 6.45) is 7.60. The van der Waals surface area contributed by atoms with Crippen LogP contribution in [-0.2, 0) is 16.9 Å². The van der Waals surface area contributed by atoms with Crippen LogP contribution in [-0.4, -0.2) is 48.4 Å². The summed E-state index contributed by atoms with van der Waals surface area (Å²) in [6.45, 7) is 2.28. The monoisotopic (exact) mass is 357 g/mol. The van der Waals surface area contributed by atoms with E-state index in [2.05, 4.69) is 25.7 Å². The van der Waals surface area contributed by atoms with E-state index in [0.29, 0.717) is 18.4 Å². The highest BCUT2D eigenvalue weighted by molar-refractivity contribution is 5.83. The zero-order valence-electron chi connectivity index (χ0n) is 15.1.